The van der Waals surface area contributed by atoms with Crippen molar-refractivity contribution >= 4 is 23.4 Å². The number of aryl methyl sites for hydroxylation is 1. The fourth-order valence-corrected chi connectivity index (χ4v) is 4.51. The van der Waals surface area contributed by atoms with Crippen LogP contribution in [0.3, 0.4) is 0 Å². The first-order valence-electron chi connectivity index (χ1n) is 9.80. The minimum absolute atomic E-state index is 0.123. The predicted molar refractivity (Wildman–Crippen MR) is 117 cm³/mol. The Morgan fingerprint density at radius 1 is 1.17 bits per heavy atom. The molecule has 0 bridgehead atoms. The summed E-state index contributed by atoms with van der Waals surface area (Å²) in [6.45, 7) is 4.12. The van der Waals surface area contributed by atoms with Gasteiger partial charge in [0.1, 0.15) is 0 Å². The number of rotatable bonds is 7. The molecule has 2 heterocycles. The molecule has 0 N–H and O–H groups in total. The molecule has 0 unspecified atom stereocenters. The Morgan fingerprint density at radius 3 is 2.76 bits per heavy atom. The number of hydrogen-bond acceptors (Lipinski definition) is 4. The zero-order valence-electron chi connectivity index (χ0n) is 16.8. The Hall–Kier alpha value is -2.57. The van der Waals surface area contributed by atoms with E-state index in [9.17, 15) is 4.79 Å². The van der Waals surface area contributed by atoms with Crippen LogP contribution in [0.2, 0.25) is 0 Å². The first-order valence-corrected chi connectivity index (χ1v) is 10.8. The van der Waals surface area contributed by atoms with Crippen molar-refractivity contribution in [3.8, 4) is 11.3 Å². The highest BCUT2D eigenvalue weighted by Gasteiger charge is 2.24. The van der Waals surface area contributed by atoms with Crippen LogP contribution in [-0.4, -0.2) is 41.5 Å². The first-order chi connectivity index (χ1) is 14.2. The SMILES string of the molecule is COCCn1c(-c2ccc(C)cc2)cnc1SCC(=O)N1CCc2ccccc21. The molecular weight excluding hydrogens is 382 g/mol. The first kappa shape index (κ1) is 19.7. The lowest BCUT2D eigenvalue weighted by atomic mass is 10.1. The van der Waals surface area contributed by atoms with Gasteiger partial charge in [0.15, 0.2) is 5.16 Å². The molecule has 150 valence electrons. The molecule has 0 saturated carbocycles. The van der Waals surface area contributed by atoms with Gasteiger partial charge in [-0.15, -0.1) is 0 Å². The number of imidazole rings is 1. The summed E-state index contributed by atoms with van der Waals surface area (Å²) in [6.07, 6.45) is 2.81. The molecular formula is C23H25N3O2S. The van der Waals surface area contributed by atoms with Crippen molar-refractivity contribution in [2.45, 2.75) is 25.0 Å². The summed E-state index contributed by atoms with van der Waals surface area (Å²) in [5, 5.41) is 0.846. The van der Waals surface area contributed by atoms with E-state index in [-0.39, 0.29) is 5.91 Å². The van der Waals surface area contributed by atoms with Crippen LogP contribution in [0.1, 0.15) is 11.1 Å². The molecule has 5 nitrogen and oxygen atoms in total. The van der Waals surface area contributed by atoms with Gasteiger partial charge in [0, 0.05) is 25.9 Å². The van der Waals surface area contributed by atoms with Crippen LogP contribution < -0.4 is 4.90 Å². The van der Waals surface area contributed by atoms with Gasteiger partial charge in [0.2, 0.25) is 5.91 Å². The smallest absolute Gasteiger partial charge is 0.237 e. The van der Waals surface area contributed by atoms with Crippen molar-refractivity contribution in [3.63, 3.8) is 0 Å². The fraction of sp³-hybridized carbons (Fsp3) is 0.304. The molecule has 4 rings (SSSR count). The molecule has 0 radical (unpaired) electrons. The summed E-state index contributed by atoms with van der Waals surface area (Å²) < 4.78 is 7.44. The molecule has 0 atom stereocenters. The molecule has 1 aromatic heterocycles. The maximum Gasteiger partial charge on any atom is 0.237 e. The second-order valence-corrected chi connectivity index (χ2v) is 8.09. The number of fused-ring (bicyclic) bond motifs is 1. The maximum atomic E-state index is 12.9. The molecule has 6 heteroatoms. The van der Waals surface area contributed by atoms with Crippen molar-refractivity contribution < 1.29 is 9.53 Å². The lowest BCUT2D eigenvalue weighted by Gasteiger charge is -2.17. The standard InChI is InChI=1S/C23H25N3O2S/c1-17-7-9-19(10-8-17)21-15-24-23(26(21)13-14-28-2)29-16-22(27)25-12-11-18-5-3-4-6-20(18)25/h3-10,15H,11-14,16H2,1-2H3. The normalized spacial score (nSPS) is 13.0. The monoisotopic (exact) mass is 407 g/mol. The van der Waals surface area contributed by atoms with Crippen molar-refractivity contribution in [1.29, 1.82) is 0 Å². The Balaban J connectivity index is 1.51. The summed E-state index contributed by atoms with van der Waals surface area (Å²) in [6, 6.07) is 16.6. The molecule has 0 spiro atoms. The van der Waals surface area contributed by atoms with E-state index in [2.05, 4.69) is 46.8 Å². The van der Waals surface area contributed by atoms with Crippen LogP contribution in [0.15, 0.2) is 59.9 Å². The molecule has 1 aliphatic rings. The van der Waals surface area contributed by atoms with Gasteiger partial charge >= 0.3 is 0 Å². The number of carbonyl (C=O) groups is 1. The number of nitrogens with zero attached hydrogens (tertiary/aromatic N) is 3. The molecule has 29 heavy (non-hydrogen) atoms. The maximum absolute atomic E-state index is 12.9. The van der Waals surface area contributed by atoms with Gasteiger partial charge in [0.05, 0.1) is 24.3 Å². The Morgan fingerprint density at radius 2 is 1.97 bits per heavy atom. The van der Waals surface area contributed by atoms with Gasteiger partial charge in [-0.25, -0.2) is 4.98 Å². The van der Waals surface area contributed by atoms with E-state index in [4.69, 9.17) is 4.74 Å². The number of ether oxygens (including phenoxy) is 1. The number of para-hydroxylation sites is 1. The fourth-order valence-electron chi connectivity index (χ4n) is 3.63. The lowest BCUT2D eigenvalue weighted by Crippen LogP contribution is -2.30. The number of methoxy groups -OCH3 is 1. The summed E-state index contributed by atoms with van der Waals surface area (Å²) in [4.78, 5) is 19.4. The van der Waals surface area contributed by atoms with Crippen molar-refractivity contribution in [1.82, 2.24) is 9.55 Å². The largest absolute Gasteiger partial charge is 0.383 e. The van der Waals surface area contributed by atoms with E-state index < -0.39 is 0 Å². The van der Waals surface area contributed by atoms with Crippen molar-refractivity contribution in [3.05, 3.63) is 65.9 Å². The van der Waals surface area contributed by atoms with Gasteiger partial charge in [-0.2, -0.15) is 0 Å². The molecule has 1 amide bonds. The highest BCUT2D eigenvalue weighted by atomic mass is 32.2. The Kier molecular flexibility index (Phi) is 6.02. The number of thioether (sulfide) groups is 1. The van der Waals surface area contributed by atoms with Crippen LogP contribution in [-0.2, 0) is 22.5 Å². The number of amides is 1. The quantitative estimate of drug-likeness (QED) is 0.551. The number of anilines is 1. The van der Waals surface area contributed by atoms with E-state index in [1.165, 1.54) is 22.9 Å². The van der Waals surface area contributed by atoms with E-state index in [0.29, 0.717) is 18.9 Å². The van der Waals surface area contributed by atoms with Crippen LogP contribution in [0.25, 0.3) is 11.3 Å². The zero-order valence-corrected chi connectivity index (χ0v) is 17.6. The third kappa shape index (κ3) is 4.23. The molecule has 0 aliphatic carbocycles. The Bertz CT molecular complexity index is 998. The van der Waals surface area contributed by atoms with Gasteiger partial charge in [-0.05, 0) is 30.5 Å². The van der Waals surface area contributed by atoms with Crippen molar-refractivity contribution in [2.75, 3.05) is 30.9 Å². The number of hydrogen-bond donors (Lipinski definition) is 0. The number of aromatic nitrogens is 2. The summed E-state index contributed by atoms with van der Waals surface area (Å²) in [5.41, 5.74) is 5.67. The summed E-state index contributed by atoms with van der Waals surface area (Å²) in [5.74, 6) is 0.490. The van der Waals surface area contributed by atoms with E-state index in [1.54, 1.807) is 7.11 Å². The van der Waals surface area contributed by atoms with E-state index in [1.807, 2.05) is 29.3 Å². The van der Waals surface area contributed by atoms with E-state index >= 15 is 0 Å². The van der Waals surface area contributed by atoms with Crippen LogP contribution in [0.5, 0.6) is 0 Å². The summed E-state index contributed by atoms with van der Waals surface area (Å²) >= 11 is 1.49. The van der Waals surface area contributed by atoms with Gasteiger partial charge < -0.3 is 14.2 Å². The second-order valence-electron chi connectivity index (χ2n) is 7.15. The highest BCUT2D eigenvalue weighted by Crippen LogP contribution is 2.30. The summed E-state index contributed by atoms with van der Waals surface area (Å²) in [7, 11) is 1.70. The average Bonchev–Trinajstić information content (AvgIpc) is 3.35. The van der Waals surface area contributed by atoms with E-state index in [0.717, 1.165) is 35.1 Å². The minimum atomic E-state index is 0.123. The van der Waals surface area contributed by atoms with Crippen LogP contribution in [0, 0.1) is 6.92 Å². The third-order valence-electron chi connectivity index (χ3n) is 5.20. The second kappa shape index (κ2) is 8.84. The Labute approximate surface area is 175 Å². The third-order valence-corrected chi connectivity index (χ3v) is 6.17. The zero-order chi connectivity index (χ0) is 20.2. The number of benzene rings is 2. The van der Waals surface area contributed by atoms with Gasteiger partial charge in [-0.1, -0.05) is 59.8 Å². The molecule has 1 aliphatic heterocycles. The molecule has 0 saturated heterocycles. The molecule has 2 aromatic carbocycles. The minimum Gasteiger partial charge on any atom is -0.383 e. The predicted octanol–water partition coefficient (Wildman–Crippen LogP) is 4.19. The van der Waals surface area contributed by atoms with Crippen LogP contribution in [0.4, 0.5) is 5.69 Å². The lowest BCUT2D eigenvalue weighted by molar-refractivity contribution is -0.116. The van der Waals surface area contributed by atoms with Crippen LogP contribution >= 0.6 is 11.8 Å². The van der Waals surface area contributed by atoms with Gasteiger partial charge in [-0.3, -0.25) is 4.79 Å². The number of carbonyl (C=O) groups excluding carboxylic acids is 1. The molecule has 0 fully saturated rings. The average molecular weight is 408 g/mol. The highest BCUT2D eigenvalue weighted by molar-refractivity contribution is 7.99. The van der Waals surface area contributed by atoms with Gasteiger partial charge in [0.25, 0.3) is 0 Å². The van der Waals surface area contributed by atoms with Crippen molar-refractivity contribution in [2.24, 2.45) is 0 Å². The molecule has 3 aromatic rings. The topological polar surface area (TPSA) is 47.4 Å².